The lowest BCUT2D eigenvalue weighted by Crippen LogP contribution is -2.30. The van der Waals surface area contributed by atoms with E-state index in [9.17, 15) is 0 Å². The van der Waals surface area contributed by atoms with Gasteiger partial charge in [0, 0.05) is 21.8 Å². The van der Waals surface area contributed by atoms with E-state index in [2.05, 4.69) is 59.2 Å². The number of nitrogens with two attached hydrogens (primary N) is 2. The van der Waals surface area contributed by atoms with Gasteiger partial charge in [-0.1, -0.05) is 60.4 Å². The molecule has 2 aliphatic carbocycles. The maximum atomic E-state index is 7.10. The molecule has 0 amide bonds. The number of benzene rings is 3. The molecule has 6 N–H and O–H groups in total. The summed E-state index contributed by atoms with van der Waals surface area (Å²) < 4.78 is 0. The Morgan fingerprint density at radius 3 is 1.18 bits per heavy atom. The average molecular weight is 453 g/mol. The number of para-hydroxylation sites is 2. The molecule has 0 unspecified atom stereocenters. The van der Waals surface area contributed by atoms with Gasteiger partial charge in [0.25, 0.3) is 0 Å². The molecule has 0 saturated heterocycles. The van der Waals surface area contributed by atoms with Crippen LogP contribution in [-0.2, 0) is 0 Å². The van der Waals surface area contributed by atoms with Crippen molar-refractivity contribution in [1.29, 1.82) is 0 Å². The Hall–Kier alpha value is -3.40. The lowest BCUT2D eigenvalue weighted by molar-refractivity contribution is 0.643. The average Bonchev–Trinajstić information content (AvgIpc) is 2.89. The normalized spacial score (nSPS) is 16.4. The van der Waals surface area contributed by atoms with E-state index in [4.69, 9.17) is 11.5 Å². The molecule has 176 valence electrons. The summed E-state index contributed by atoms with van der Waals surface area (Å²) in [6, 6.07) is 20.7. The molecule has 0 radical (unpaired) electrons. The van der Waals surface area contributed by atoms with Gasteiger partial charge in [0.05, 0.1) is 22.7 Å². The molecule has 0 bridgehead atoms. The van der Waals surface area contributed by atoms with Gasteiger partial charge in [0.15, 0.2) is 0 Å². The third-order valence-corrected chi connectivity index (χ3v) is 7.28. The van der Waals surface area contributed by atoms with E-state index in [1.807, 2.05) is 12.1 Å². The molecule has 4 nitrogen and oxygen atoms in total. The lowest BCUT2D eigenvalue weighted by Gasteiger charge is -2.24. The number of nitrogen functional groups attached to an aromatic ring is 2. The monoisotopic (exact) mass is 452 g/mol. The quantitative estimate of drug-likeness (QED) is 0.338. The Balaban J connectivity index is 1.81. The highest BCUT2D eigenvalue weighted by molar-refractivity contribution is 5.91. The minimum atomic E-state index is 0.821. The van der Waals surface area contributed by atoms with Crippen LogP contribution >= 0.6 is 0 Å². The van der Waals surface area contributed by atoms with Gasteiger partial charge in [0.2, 0.25) is 0 Å². The zero-order chi connectivity index (χ0) is 23.3. The van der Waals surface area contributed by atoms with E-state index in [1.165, 1.54) is 49.7 Å². The summed E-state index contributed by atoms with van der Waals surface area (Å²) in [5.74, 6) is 0. The van der Waals surface area contributed by atoms with E-state index >= 15 is 0 Å². The molecule has 2 aliphatic rings. The van der Waals surface area contributed by atoms with Crippen LogP contribution in [0.3, 0.4) is 0 Å². The first kappa shape index (κ1) is 22.4. The number of hydrogen-bond acceptors (Lipinski definition) is 4. The fourth-order valence-electron chi connectivity index (χ4n) is 5.57. The molecular weight excluding hydrogens is 416 g/mol. The predicted molar refractivity (Wildman–Crippen MR) is 147 cm³/mol. The fraction of sp³-hybridized carbons (Fsp3) is 0.333. The van der Waals surface area contributed by atoms with Crippen molar-refractivity contribution in [2.24, 2.45) is 0 Å². The van der Waals surface area contributed by atoms with Gasteiger partial charge in [-0.3, -0.25) is 0 Å². The highest BCUT2D eigenvalue weighted by Crippen LogP contribution is 2.33. The van der Waals surface area contributed by atoms with Crippen molar-refractivity contribution in [1.82, 2.24) is 0 Å². The number of nitrogens with one attached hydrogen (secondary N) is 2. The second-order valence-corrected chi connectivity index (χ2v) is 9.64. The number of anilines is 6. The molecule has 0 atom stereocenters. The molecule has 3 aromatic carbocycles. The molecule has 4 heteroatoms. The molecule has 34 heavy (non-hydrogen) atoms. The number of hydrogen-bond donors (Lipinski definition) is 4. The van der Waals surface area contributed by atoms with Crippen molar-refractivity contribution >= 4 is 45.3 Å². The van der Waals surface area contributed by atoms with Crippen LogP contribution in [0.2, 0.25) is 0 Å². The molecule has 0 aromatic heterocycles. The summed E-state index contributed by atoms with van der Waals surface area (Å²) in [6.45, 7) is 0. The van der Waals surface area contributed by atoms with Crippen molar-refractivity contribution in [2.75, 3.05) is 22.1 Å². The van der Waals surface area contributed by atoms with Crippen LogP contribution in [-0.4, -0.2) is 0 Å². The van der Waals surface area contributed by atoms with Crippen LogP contribution in [0.5, 0.6) is 0 Å². The van der Waals surface area contributed by atoms with Crippen molar-refractivity contribution < 1.29 is 0 Å². The summed E-state index contributed by atoms with van der Waals surface area (Å²) in [5.41, 5.74) is 22.7. The van der Waals surface area contributed by atoms with E-state index in [0.29, 0.717) is 0 Å². The second-order valence-electron chi connectivity index (χ2n) is 9.64. The highest BCUT2D eigenvalue weighted by Gasteiger charge is 2.21. The van der Waals surface area contributed by atoms with Crippen molar-refractivity contribution in [3.63, 3.8) is 0 Å². The molecular formula is C30H36N4. The Labute approximate surface area is 202 Å². The minimum absolute atomic E-state index is 0.821. The van der Waals surface area contributed by atoms with Gasteiger partial charge < -0.3 is 22.1 Å². The summed E-state index contributed by atoms with van der Waals surface area (Å²) in [5, 5.41) is 9.59. The molecule has 0 heterocycles. The SMILES string of the molecule is Nc1c(Nc2ccccc2)c(=C2CCCCC2)c(N)c(Nc2ccccc2)c1=C1CCCCC1. The van der Waals surface area contributed by atoms with E-state index in [0.717, 1.165) is 70.2 Å². The lowest BCUT2D eigenvalue weighted by atomic mass is 9.88. The van der Waals surface area contributed by atoms with Crippen LogP contribution in [0, 0.1) is 0 Å². The highest BCUT2D eigenvalue weighted by atomic mass is 14.9. The van der Waals surface area contributed by atoms with Crippen molar-refractivity contribution in [2.45, 2.75) is 64.2 Å². The Morgan fingerprint density at radius 2 is 0.824 bits per heavy atom. The number of rotatable bonds is 4. The van der Waals surface area contributed by atoms with E-state index in [-0.39, 0.29) is 0 Å². The topological polar surface area (TPSA) is 76.1 Å². The van der Waals surface area contributed by atoms with Gasteiger partial charge in [-0.2, -0.15) is 0 Å². The predicted octanol–water partition coefficient (Wildman–Crippen LogP) is 6.57. The van der Waals surface area contributed by atoms with Crippen LogP contribution in [0.4, 0.5) is 34.1 Å². The first-order chi connectivity index (χ1) is 16.7. The fourth-order valence-corrected chi connectivity index (χ4v) is 5.57. The second kappa shape index (κ2) is 10.3. The molecule has 0 aliphatic heterocycles. The Kier molecular flexibility index (Phi) is 6.75. The first-order valence-electron chi connectivity index (χ1n) is 12.8. The summed E-state index contributed by atoms with van der Waals surface area (Å²) >= 11 is 0. The Bertz CT molecular complexity index is 1150. The maximum absolute atomic E-state index is 7.10. The third kappa shape index (κ3) is 4.63. The van der Waals surface area contributed by atoms with Gasteiger partial charge in [-0.25, -0.2) is 0 Å². The van der Waals surface area contributed by atoms with Crippen LogP contribution in [0.1, 0.15) is 64.2 Å². The van der Waals surface area contributed by atoms with Gasteiger partial charge >= 0.3 is 0 Å². The zero-order valence-corrected chi connectivity index (χ0v) is 20.0. The van der Waals surface area contributed by atoms with E-state index in [1.54, 1.807) is 0 Å². The van der Waals surface area contributed by atoms with Crippen LogP contribution in [0.25, 0.3) is 11.1 Å². The molecule has 2 fully saturated rings. The summed E-state index contributed by atoms with van der Waals surface area (Å²) in [6.07, 6.45) is 11.7. The van der Waals surface area contributed by atoms with Gasteiger partial charge in [-0.15, -0.1) is 0 Å². The first-order valence-corrected chi connectivity index (χ1v) is 12.8. The smallest absolute Gasteiger partial charge is 0.0719 e. The van der Waals surface area contributed by atoms with Gasteiger partial charge in [0.1, 0.15) is 0 Å². The third-order valence-electron chi connectivity index (χ3n) is 7.28. The molecule has 0 spiro atoms. The largest absolute Gasteiger partial charge is 0.396 e. The van der Waals surface area contributed by atoms with E-state index < -0.39 is 0 Å². The molecule has 5 rings (SSSR count). The summed E-state index contributed by atoms with van der Waals surface area (Å²) in [4.78, 5) is 0. The zero-order valence-electron chi connectivity index (χ0n) is 20.0. The molecule has 2 saturated carbocycles. The van der Waals surface area contributed by atoms with Crippen LogP contribution in [0.15, 0.2) is 60.7 Å². The standard InChI is InChI=1S/C30H36N4/c31-27-25(21-13-5-1-6-14-21)29(33-23-17-9-3-10-18-23)28(32)26(22-15-7-2-8-16-22)30(27)34-24-19-11-4-12-20-24/h3-4,9-12,17-20,33-34H,1-2,5-8,13-16,31-32H2. The summed E-state index contributed by atoms with van der Waals surface area (Å²) in [7, 11) is 0. The van der Waals surface area contributed by atoms with Crippen LogP contribution < -0.4 is 32.5 Å². The molecule has 3 aromatic rings. The Morgan fingerprint density at radius 1 is 0.471 bits per heavy atom. The van der Waals surface area contributed by atoms with Crippen molar-refractivity contribution in [3.05, 3.63) is 71.1 Å². The van der Waals surface area contributed by atoms with Gasteiger partial charge in [-0.05, 0) is 75.6 Å². The van der Waals surface area contributed by atoms with Crippen molar-refractivity contribution in [3.8, 4) is 0 Å². The minimum Gasteiger partial charge on any atom is -0.396 e. The maximum Gasteiger partial charge on any atom is 0.0719 e.